The van der Waals surface area contributed by atoms with Gasteiger partial charge in [-0.05, 0) is 50.4 Å². The number of likely N-dealkylation sites (tertiary alicyclic amines) is 1. The number of phenols is 1. The van der Waals surface area contributed by atoms with Crippen molar-refractivity contribution < 1.29 is 9.90 Å². The maximum atomic E-state index is 12.7. The van der Waals surface area contributed by atoms with Gasteiger partial charge in [0, 0.05) is 29.5 Å². The van der Waals surface area contributed by atoms with Gasteiger partial charge in [0.05, 0.1) is 5.56 Å². The van der Waals surface area contributed by atoms with E-state index in [-0.39, 0.29) is 17.1 Å². The second kappa shape index (κ2) is 5.97. The van der Waals surface area contributed by atoms with E-state index in [1.165, 1.54) is 19.3 Å². The van der Waals surface area contributed by atoms with Crippen LogP contribution in [0.3, 0.4) is 0 Å². The number of halogens is 1. The molecule has 2 aliphatic rings. The highest BCUT2D eigenvalue weighted by atomic mass is 79.9. The smallest absolute Gasteiger partial charge is 0.257 e. The van der Waals surface area contributed by atoms with Crippen LogP contribution < -0.4 is 5.32 Å². The molecule has 1 unspecified atom stereocenters. The Hall–Kier alpha value is -1.07. The van der Waals surface area contributed by atoms with Gasteiger partial charge < -0.3 is 15.3 Å². The monoisotopic (exact) mass is 352 g/mol. The number of nitrogens with zero attached hydrogens (tertiary/aromatic N) is 1. The lowest BCUT2D eigenvalue weighted by atomic mass is 9.74. The zero-order valence-electron chi connectivity index (χ0n) is 12.1. The average Bonchev–Trinajstić information content (AvgIpc) is 2.50. The lowest BCUT2D eigenvalue weighted by molar-refractivity contribution is 0.0431. The number of carbonyl (C=O) groups is 1. The summed E-state index contributed by atoms with van der Waals surface area (Å²) in [6.45, 7) is 3.67. The minimum absolute atomic E-state index is 0.0570. The molecule has 1 amide bonds. The van der Waals surface area contributed by atoms with Gasteiger partial charge in [-0.1, -0.05) is 15.9 Å². The lowest BCUT2D eigenvalue weighted by Gasteiger charge is -2.45. The fraction of sp³-hybridized carbons (Fsp3) is 0.562. The Bertz CT molecular complexity index is 536. The van der Waals surface area contributed by atoms with Crippen LogP contribution in [0.25, 0.3) is 0 Å². The number of amides is 1. The molecule has 0 bridgehead atoms. The first kappa shape index (κ1) is 14.9. The molecule has 1 aromatic rings. The fourth-order valence-electron chi connectivity index (χ4n) is 3.61. The van der Waals surface area contributed by atoms with Crippen LogP contribution in [0.1, 0.15) is 36.0 Å². The molecule has 2 aliphatic heterocycles. The molecule has 0 aliphatic carbocycles. The zero-order valence-corrected chi connectivity index (χ0v) is 13.7. The van der Waals surface area contributed by atoms with Crippen molar-refractivity contribution in [2.45, 2.75) is 25.7 Å². The Morgan fingerprint density at radius 1 is 1.33 bits per heavy atom. The molecule has 5 heteroatoms. The van der Waals surface area contributed by atoms with Crippen molar-refractivity contribution in [3.8, 4) is 5.75 Å². The Labute approximate surface area is 133 Å². The lowest BCUT2D eigenvalue weighted by Crippen LogP contribution is -2.52. The highest BCUT2D eigenvalue weighted by Crippen LogP contribution is 2.37. The van der Waals surface area contributed by atoms with E-state index in [1.807, 2.05) is 4.90 Å². The molecule has 3 rings (SSSR count). The Balaban J connectivity index is 1.79. The SMILES string of the molecule is O=C(c1cc(Br)ccc1O)N1CCCC2(CCCNC2)C1. The second-order valence-corrected chi connectivity index (χ2v) is 7.19. The molecule has 1 atom stereocenters. The number of benzene rings is 1. The molecule has 21 heavy (non-hydrogen) atoms. The van der Waals surface area contributed by atoms with Crippen molar-refractivity contribution in [1.29, 1.82) is 0 Å². The first-order valence-electron chi connectivity index (χ1n) is 7.58. The Morgan fingerprint density at radius 2 is 2.14 bits per heavy atom. The van der Waals surface area contributed by atoms with E-state index in [2.05, 4.69) is 21.2 Å². The zero-order chi connectivity index (χ0) is 14.9. The summed E-state index contributed by atoms with van der Waals surface area (Å²) in [5.74, 6) is 0.00282. The number of hydrogen-bond acceptors (Lipinski definition) is 3. The Morgan fingerprint density at radius 3 is 2.90 bits per heavy atom. The molecule has 0 saturated carbocycles. The number of piperidine rings is 2. The molecular formula is C16H21BrN2O2. The van der Waals surface area contributed by atoms with Gasteiger partial charge in [-0.15, -0.1) is 0 Å². The van der Waals surface area contributed by atoms with Gasteiger partial charge in [0.2, 0.25) is 0 Å². The fourth-order valence-corrected chi connectivity index (χ4v) is 3.97. The highest BCUT2D eigenvalue weighted by Gasteiger charge is 2.38. The van der Waals surface area contributed by atoms with Crippen LogP contribution >= 0.6 is 15.9 Å². The van der Waals surface area contributed by atoms with E-state index in [1.54, 1.807) is 18.2 Å². The predicted octanol–water partition coefficient (Wildman–Crippen LogP) is 2.76. The third kappa shape index (κ3) is 3.09. The third-order valence-corrected chi connectivity index (χ3v) is 5.19. The summed E-state index contributed by atoms with van der Waals surface area (Å²) in [4.78, 5) is 14.6. The van der Waals surface area contributed by atoms with Crippen molar-refractivity contribution in [2.75, 3.05) is 26.2 Å². The van der Waals surface area contributed by atoms with Crippen molar-refractivity contribution in [1.82, 2.24) is 10.2 Å². The molecule has 0 radical (unpaired) electrons. The van der Waals surface area contributed by atoms with Crippen molar-refractivity contribution >= 4 is 21.8 Å². The third-order valence-electron chi connectivity index (χ3n) is 4.70. The number of nitrogens with one attached hydrogen (secondary N) is 1. The second-order valence-electron chi connectivity index (χ2n) is 6.27. The van der Waals surface area contributed by atoms with Gasteiger partial charge in [-0.2, -0.15) is 0 Å². The highest BCUT2D eigenvalue weighted by molar-refractivity contribution is 9.10. The molecule has 1 spiro atoms. The van der Waals surface area contributed by atoms with E-state index in [0.717, 1.165) is 37.1 Å². The number of rotatable bonds is 1. The van der Waals surface area contributed by atoms with Crippen LogP contribution in [-0.4, -0.2) is 42.1 Å². The average molecular weight is 353 g/mol. The van der Waals surface area contributed by atoms with Gasteiger partial charge in [-0.3, -0.25) is 4.79 Å². The molecule has 2 fully saturated rings. The normalized spacial score (nSPS) is 26.0. The maximum absolute atomic E-state index is 12.7. The molecule has 0 aromatic heterocycles. The molecular weight excluding hydrogens is 332 g/mol. The minimum Gasteiger partial charge on any atom is -0.507 e. The summed E-state index contributed by atoms with van der Waals surface area (Å²) in [6, 6.07) is 5.02. The van der Waals surface area contributed by atoms with Crippen molar-refractivity contribution in [3.63, 3.8) is 0 Å². The van der Waals surface area contributed by atoms with Gasteiger partial charge >= 0.3 is 0 Å². The van der Waals surface area contributed by atoms with E-state index in [0.29, 0.717) is 5.56 Å². The van der Waals surface area contributed by atoms with Crippen LogP contribution in [0, 0.1) is 5.41 Å². The summed E-state index contributed by atoms with van der Waals surface area (Å²) in [6.07, 6.45) is 4.61. The first-order chi connectivity index (χ1) is 10.1. The maximum Gasteiger partial charge on any atom is 0.257 e. The quantitative estimate of drug-likeness (QED) is 0.816. The Kier molecular flexibility index (Phi) is 4.22. The van der Waals surface area contributed by atoms with Crippen LogP contribution in [0.4, 0.5) is 0 Å². The molecule has 2 N–H and O–H groups in total. The molecule has 2 saturated heterocycles. The van der Waals surface area contributed by atoms with Gasteiger partial charge in [0.25, 0.3) is 5.91 Å². The molecule has 2 heterocycles. The summed E-state index contributed by atoms with van der Waals surface area (Å²) in [5, 5.41) is 13.4. The van der Waals surface area contributed by atoms with E-state index in [9.17, 15) is 9.90 Å². The molecule has 1 aromatic carbocycles. The summed E-state index contributed by atoms with van der Waals surface area (Å²) in [7, 11) is 0. The first-order valence-corrected chi connectivity index (χ1v) is 8.38. The topological polar surface area (TPSA) is 52.6 Å². The predicted molar refractivity (Wildman–Crippen MR) is 85.5 cm³/mol. The summed E-state index contributed by atoms with van der Waals surface area (Å²) < 4.78 is 0.815. The van der Waals surface area contributed by atoms with Crippen molar-refractivity contribution in [2.24, 2.45) is 5.41 Å². The minimum atomic E-state index is -0.0570. The number of phenolic OH excluding ortho intramolecular Hbond substituents is 1. The standard InChI is InChI=1S/C16H21BrN2O2/c17-12-3-4-14(20)13(9-12)15(21)19-8-2-6-16(11-19)5-1-7-18-10-16/h3-4,9,18,20H,1-2,5-8,10-11H2. The van der Waals surface area contributed by atoms with Crippen LogP contribution in [0.15, 0.2) is 22.7 Å². The van der Waals surface area contributed by atoms with Gasteiger partial charge in [-0.25, -0.2) is 0 Å². The van der Waals surface area contributed by atoms with Gasteiger partial charge in [0.1, 0.15) is 5.75 Å². The summed E-state index contributed by atoms with van der Waals surface area (Å²) in [5.41, 5.74) is 0.624. The van der Waals surface area contributed by atoms with Crippen LogP contribution in [0.5, 0.6) is 5.75 Å². The van der Waals surface area contributed by atoms with Gasteiger partial charge in [0.15, 0.2) is 0 Å². The largest absolute Gasteiger partial charge is 0.507 e. The van der Waals surface area contributed by atoms with Crippen LogP contribution in [0.2, 0.25) is 0 Å². The number of hydrogen-bond donors (Lipinski definition) is 2. The van der Waals surface area contributed by atoms with Crippen LogP contribution in [-0.2, 0) is 0 Å². The summed E-state index contributed by atoms with van der Waals surface area (Å²) >= 11 is 3.37. The van der Waals surface area contributed by atoms with E-state index in [4.69, 9.17) is 0 Å². The number of aromatic hydroxyl groups is 1. The van der Waals surface area contributed by atoms with Crippen molar-refractivity contribution in [3.05, 3.63) is 28.2 Å². The molecule has 114 valence electrons. The number of carbonyl (C=O) groups excluding carboxylic acids is 1. The van der Waals surface area contributed by atoms with E-state index >= 15 is 0 Å². The van der Waals surface area contributed by atoms with E-state index < -0.39 is 0 Å². The molecule has 4 nitrogen and oxygen atoms in total.